The molecule has 1 aromatic heterocycles. The highest BCUT2D eigenvalue weighted by atomic mass is 35.5. The van der Waals surface area contributed by atoms with Crippen LogP contribution in [0.3, 0.4) is 0 Å². The van der Waals surface area contributed by atoms with E-state index in [9.17, 15) is 14.7 Å². The normalized spacial score (nSPS) is 17.4. The van der Waals surface area contributed by atoms with E-state index in [0.29, 0.717) is 24.1 Å². The van der Waals surface area contributed by atoms with E-state index in [0.717, 1.165) is 19.3 Å². The van der Waals surface area contributed by atoms with Gasteiger partial charge in [-0.25, -0.2) is 0 Å². The zero-order valence-electron chi connectivity index (χ0n) is 17.1. The van der Waals surface area contributed by atoms with Crippen molar-refractivity contribution < 1.29 is 14.7 Å². The van der Waals surface area contributed by atoms with Crippen LogP contribution in [0, 0.1) is 12.8 Å². The number of carbonyl (C=O) groups excluding carboxylic acids is 2. The Balaban J connectivity index is 0.000000180. The molecule has 0 spiro atoms. The van der Waals surface area contributed by atoms with Gasteiger partial charge < -0.3 is 15.8 Å². The molecular weight excluding hydrogens is 435 g/mol. The molecule has 31 heavy (non-hydrogen) atoms. The maximum Gasteiger partial charge on any atom is 0.153 e. The summed E-state index contributed by atoms with van der Waals surface area (Å²) in [5, 5.41) is 10.5. The van der Waals surface area contributed by atoms with Crippen LogP contribution in [-0.2, 0) is 6.42 Å². The molecule has 0 fully saturated rings. The average molecular weight is 459 g/mol. The lowest BCUT2D eigenvalue weighted by Gasteiger charge is -2.28. The summed E-state index contributed by atoms with van der Waals surface area (Å²) in [7, 11) is 0. The SMILES string of the molecule is C=CCC1CCc2[nH]c3ccccc3c2C1N.Cc1c(Cl)c(O)c(Cl)c(C=O)c1C=O. The zero-order valence-corrected chi connectivity index (χ0v) is 18.6. The van der Waals surface area contributed by atoms with Crippen LogP contribution in [0.2, 0.25) is 10.0 Å². The number of aromatic nitrogens is 1. The van der Waals surface area contributed by atoms with Gasteiger partial charge in [-0.3, -0.25) is 9.59 Å². The van der Waals surface area contributed by atoms with Crippen molar-refractivity contribution in [1.29, 1.82) is 0 Å². The maximum atomic E-state index is 10.7. The second-order valence-electron chi connectivity index (χ2n) is 7.58. The van der Waals surface area contributed by atoms with Gasteiger partial charge in [-0.05, 0) is 49.3 Å². The van der Waals surface area contributed by atoms with Crippen LogP contribution in [-0.4, -0.2) is 22.7 Å². The van der Waals surface area contributed by atoms with Crippen LogP contribution in [0.5, 0.6) is 5.75 Å². The molecular formula is C24H24Cl2N2O3. The molecule has 1 heterocycles. The number of aromatic hydroxyl groups is 1. The predicted octanol–water partition coefficient (Wildman–Crippen LogP) is 5.94. The number of hydrogen-bond acceptors (Lipinski definition) is 4. The number of aryl methyl sites for hydroxylation is 1. The number of allylic oxidation sites excluding steroid dienone is 1. The molecule has 0 aliphatic heterocycles. The summed E-state index contributed by atoms with van der Waals surface area (Å²) in [5.74, 6) is 0.165. The van der Waals surface area contributed by atoms with E-state index < -0.39 is 0 Å². The molecule has 0 amide bonds. The molecule has 2 atom stereocenters. The highest BCUT2D eigenvalue weighted by Crippen LogP contribution is 2.39. The summed E-state index contributed by atoms with van der Waals surface area (Å²) in [4.78, 5) is 24.8. The summed E-state index contributed by atoms with van der Waals surface area (Å²) in [6.07, 6.45) is 6.17. The first kappa shape index (κ1) is 23.1. The van der Waals surface area contributed by atoms with Crippen molar-refractivity contribution in [3.05, 3.63) is 74.9 Å². The number of fused-ring (bicyclic) bond motifs is 3. The number of nitrogens with one attached hydrogen (secondary N) is 1. The van der Waals surface area contributed by atoms with Crippen molar-refractivity contribution in [2.45, 2.75) is 32.2 Å². The Kier molecular flexibility index (Phi) is 7.21. The quantitative estimate of drug-likeness (QED) is 0.332. The molecule has 0 saturated heterocycles. The van der Waals surface area contributed by atoms with E-state index in [1.165, 1.54) is 29.1 Å². The predicted molar refractivity (Wildman–Crippen MR) is 125 cm³/mol. The first-order valence-corrected chi connectivity index (χ1v) is 10.7. The van der Waals surface area contributed by atoms with Crippen LogP contribution in [0.15, 0.2) is 36.9 Å². The summed E-state index contributed by atoms with van der Waals surface area (Å²) in [6.45, 7) is 5.35. The van der Waals surface area contributed by atoms with Crippen molar-refractivity contribution in [3.8, 4) is 5.75 Å². The number of nitrogens with two attached hydrogens (primary N) is 1. The number of halogens is 2. The second-order valence-corrected chi connectivity index (χ2v) is 8.33. The van der Waals surface area contributed by atoms with Gasteiger partial charge in [0.15, 0.2) is 18.3 Å². The topological polar surface area (TPSA) is 96.2 Å². The Hall–Kier alpha value is -2.60. The first-order valence-electron chi connectivity index (χ1n) is 9.92. The number of rotatable bonds is 4. The molecule has 162 valence electrons. The molecule has 0 saturated carbocycles. The average Bonchev–Trinajstić information content (AvgIpc) is 3.16. The van der Waals surface area contributed by atoms with E-state index in [1.807, 2.05) is 6.08 Å². The third-order valence-electron chi connectivity index (χ3n) is 5.82. The highest BCUT2D eigenvalue weighted by molar-refractivity contribution is 6.39. The van der Waals surface area contributed by atoms with E-state index >= 15 is 0 Å². The molecule has 5 nitrogen and oxygen atoms in total. The molecule has 0 radical (unpaired) electrons. The number of para-hydroxylation sites is 1. The van der Waals surface area contributed by atoms with Crippen LogP contribution in [0.1, 0.15) is 56.4 Å². The van der Waals surface area contributed by atoms with Crippen molar-refractivity contribution >= 4 is 46.7 Å². The van der Waals surface area contributed by atoms with E-state index in [4.69, 9.17) is 28.9 Å². The van der Waals surface area contributed by atoms with Gasteiger partial charge in [0.05, 0.1) is 10.0 Å². The fourth-order valence-corrected chi connectivity index (χ4v) is 4.61. The minimum atomic E-state index is -0.376. The fourth-order valence-electron chi connectivity index (χ4n) is 4.13. The van der Waals surface area contributed by atoms with Crippen molar-refractivity contribution in [2.75, 3.05) is 0 Å². The Labute approximate surface area is 190 Å². The lowest BCUT2D eigenvalue weighted by Crippen LogP contribution is -2.26. The Morgan fingerprint density at radius 1 is 1.19 bits per heavy atom. The molecule has 2 unspecified atom stereocenters. The minimum Gasteiger partial charge on any atom is -0.505 e. The maximum absolute atomic E-state index is 10.7. The third-order valence-corrected chi connectivity index (χ3v) is 6.66. The zero-order chi connectivity index (χ0) is 22.7. The largest absolute Gasteiger partial charge is 0.505 e. The monoisotopic (exact) mass is 458 g/mol. The van der Waals surface area contributed by atoms with E-state index in [1.54, 1.807) is 0 Å². The smallest absolute Gasteiger partial charge is 0.153 e. The Morgan fingerprint density at radius 2 is 1.87 bits per heavy atom. The molecule has 1 aliphatic rings. The summed E-state index contributed by atoms with van der Waals surface area (Å²) in [6, 6.07) is 8.59. The molecule has 1 aliphatic carbocycles. The van der Waals surface area contributed by atoms with Gasteiger partial charge >= 0.3 is 0 Å². The third kappa shape index (κ3) is 4.26. The first-order chi connectivity index (χ1) is 14.8. The lowest BCUT2D eigenvalue weighted by molar-refractivity contribution is 0.109. The van der Waals surface area contributed by atoms with Gasteiger partial charge in [0, 0.05) is 33.8 Å². The van der Waals surface area contributed by atoms with E-state index in [-0.39, 0.29) is 33.0 Å². The summed E-state index contributed by atoms with van der Waals surface area (Å²) >= 11 is 11.3. The fraction of sp³-hybridized carbons (Fsp3) is 0.250. The summed E-state index contributed by atoms with van der Waals surface area (Å²) < 4.78 is 0. The highest BCUT2D eigenvalue weighted by Gasteiger charge is 2.28. The molecule has 4 N–H and O–H groups in total. The molecule has 7 heteroatoms. The Bertz CT molecular complexity index is 1110. The number of H-pyrrole nitrogens is 1. The minimum absolute atomic E-state index is 0.0114. The number of hydrogen-bond donors (Lipinski definition) is 3. The van der Waals surface area contributed by atoms with Crippen LogP contribution in [0.25, 0.3) is 10.9 Å². The molecule has 0 bridgehead atoms. The Morgan fingerprint density at radius 3 is 2.52 bits per heavy atom. The van der Waals surface area contributed by atoms with Crippen LogP contribution >= 0.6 is 23.2 Å². The van der Waals surface area contributed by atoms with Crippen molar-refractivity contribution in [3.63, 3.8) is 0 Å². The molecule has 2 aromatic carbocycles. The van der Waals surface area contributed by atoms with Crippen molar-refractivity contribution in [2.24, 2.45) is 11.7 Å². The van der Waals surface area contributed by atoms with Crippen molar-refractivity contribution in [1.82, 2.24) is 4.98 Å². The second kappa shape index (κ2) is 9.69. The number of aromatic amines is 1. The van der Waals surface area contributed by atoms with Crippen LogP contribution in [0.4, 0.5) is 0 Å². The van der Waals surface area contributed by atoms with Gasteiger partial charge in [-0.1, -0.05) is 47.5 Å². The summed E-state index contributed by atoms with van der Waals surface area (Å²) in [5.41, 5.74) is 10.7. The lowest BCUT2D eigenvalue weighted by atomic mass is 9.80. The molecule has 4 rings (SSSR count). The number of phenols is 1. The van der Waals surface area contributed by atoms with Gasteiger partial charge in [-0.2, -0.15) is 0 Å². The standard InChI is InChI=1S/C15H18N2.C9H6Cl2O3/c1-2-5-10-8-9-13-14(15(10)16)11-6-3-4-7-12(11)17-13;1-4-5(2-12)6(3-13)8(11)9(14)7(4)10/h2-4,6-7,10,15,17H,1,5,8-9,16H2;2-3,14H,1H3. The van der Waals surface area contributed by atoms with Crippen LogP contribution < -0.4 is 5.73 Å². The number of aldehydes is 2. The number of benzene rings is 2. The van der Waals surface area contributed by atoms with Gasteiger partial charge in [0.1, 0.15) is 0 Å². The van der Waals surface area contributed by atoms with Gasteiger partial charge in [0.2, 0.25) is 0 Å². The number of phenolic OH excluding ortho intramolecular Hbond substituents is 1. The van der Waals surface area contributed by atoms with Gasteiger partial charge in [0.25, 0.3) is 0 Å². The molecule has 3 aromatic rings. The van der Waals surface area contributed by atoms with Gasteiger partial charge in [-0.15, -0.1) is 6.58 Å². The van der Waals surface area contributed by atoms with E-state index in [2.05, 4.69) is 35.8 Å². The number of carbonyl (C=O) groups is 2.